The maximum atomic E-state index is 12.4. The lowest BCUT2D eigenvalue weighted by atomic mass is 10.2. The van der Waals surface area contributed by atoms with Crippen molar-refractivity contribution in [1.29, 1.82) is 0 Å². The number of pyridine rings is 1. The van der Waals surface area contributed by atoms with E-state index in [0.29, 0.717) is 4.70 Å². The van der Waals surface area contributed by atoms with Gasteiger partial charge in [0.25, 0.3) is 5.56 Å². The molecular formula is C14H14N4OS. The predicted octanol–water partition coefficient (Wildman–Crippen LogP) is 2.93. The summed E-state index contributed by atoms with van der Waals surface area (Å²) in [6.07, 6.45) is 6.82. The first-order chi connectivity index (χ1) is 9.76. The van der Waals surface area contributed by atoms with Crippen LogP contribution in [0.4, 0.5) is 5.69 Å². The van der Waals surface area contributed by atoms with Crippen LogP contribution in [0.5, 0.6) is 0 Å². The lowest BCUT2D eigenvalue weighted by Gasteiger charge is -2.04. The first-order valence-electron chi connectivity index (χ1n) is 6.41. The summed E-state index contributed by atoms with van der Waals surface area (Å²) in [5.41, 5.74) is 1.64. The van der Waals surface area contributed by atoms with Gasteiger partial charge in [0.15, 0.2) is 0 Å². The van der Waals surface area contributed by atoms with Crippen molar-refractivity contribution in [3.63, 3.8) is 0 Å². The number of nitrogens with zero attached hydrogens (tertiary/aromatic N) is 3. The van der Waals surface area contributed by atoms with Crippen molar-refractivity contribution in [1.82, 2.24) is 14.5 Å². The molecule has 0 spiro atoms. The van der Waals surface area contributed by atoms with Crippen molar-refractivity contribution < 1.29 is 0 Å². The number of aromatic nitrogens is 3. The summed E-state index contributed by atoms with van der Waals surface area (Å²) < 4.78 is 2.13. The molecule has 0 amide bonds. The molecule has 0 bridgehead atoms. The number of thiophene rings is 1. The van der Waals surface area contributed by atoms with Gasteiger partial charge in [0, 0.05) is 24.6 Å². The van der Waals surface area contributed by atoms with Crippen LogP contribution in [-0.2, 0) is 0 Å². The second-order valence-corrected chi connectivity index (χ2v) is 5.29. The van der Waals surface area contributed by atoms with Crippen LogP contribution in [0.1, 0.15) is 13.8 Å². The van der Waals surface area contributed by atoms with E-state index in [4.69, 9.17) is 0 Å². The van der Waals surface area contributed by atoms with Crippen molar-refractivity contribution in [2.45, 2.75) is 13.8 Å². The van der Waals surface area contributed by atoms with E-state index in [1.807, 2.05) is 26.0 Å². The number of hydrogen-bond acceptors (Lipinski definition) is 5. The molecule has 0 fully saturated rings. The molecule has 0 aliphatic rings. The van der Waals surface area contributed by atoms with Gasteiger partial charge in [-0.05, 0) is 19.9 Å². The number of hydrogen-bond donors (Lipinski definition) is 1. The largest absolute Gasteiger partial charge is 0.385 e. The number of anilines is 1. The number of fused-ring (bicyclic) bond motifs is 3. The Morgan fingerprint density at radius 3 is 3.05 bits per heavy atom. The van der Waals surface area contributed by atoms with Crippen molar-refractivity contribution >= 4 is 43.7 Å². The molecule has 3 aromatic rings. The smallest absolute Gasteiger partial charge is 0.275 e. The zero-order valence-corrected chi connectivity index (χ0v) is 12.1. The summed E-state index contributed by atoms with van der Waals surface area (Å²) in [6, 6.07) is 1.91. The summed E-state index contributed by atoms with van der Waals surface area (Å²) in [4.78, 5) is 22.0. The Balaban J connectivity index is 2.40. The van der Waals surface area contributed by atoms with Crippen molar-refractivity contribution in [2.24, 2.45) is 0 Å². The van der Waals surface area contributed by atoms with E-state index in [-0.39, 0.29) is 5.56 Å². The fourth-order valence-corrected chi connectivity index (χ4v) is 3.23. The van der Waals surface area contributed by atoms with Crippen LogP contribution in [0.25, 0.3) is 26.6 Å². The third kappa shape index (κ3) is 1.89. The molecule has 0 saturated heterocycles. The van der Waals surface area contributed by atoms with Crippen LogP contribution in [0.3, 0.4) is 0 Å². The molecule has 0 aliphatic heterocycles. The van der Waals surface area contributed by atoms with Gasteiger partial charge >= 0.3 is 0 Å². The highest BCUT2D eigenvalue weighted by Gasteiger charge is 2.14. The standard InChI is InChI=1S/C14H14N4OS/c1-3-7-18-8-17-11-10-9(15-4-2)5-6-16-13(10)20-12(11)14(18)19/h3,5-8H,4H2,1-2H3,(H,15,16)/b7-3+. The minimum absolute atomic E-state index is 0.0569. The van der Waals surface area contributed by atoms with Gasteiger partial charge in [-0.1, -0.05) is 6.08 Å². The summed E-state index contributed by atoms with van der Waals surface area (Å²) in [7, 11) is 0. The van der Waals surface area contributed by atoms with Crippen LogP contribution in [0.15, 0.2) is 29.5 Å². The molecule has 102 valence electrons. The van der Waals surface area contributed by atoms with Crippen LogP contribution in [0, 0.1) is 0 Å². The highest BCUT2D eigenvalue weighted by molar-refractivity contribution is 7.25. The average Bonchev–Trinajstić information content (AvgIpc) is 2.83. The van der Waals surface area contributed by atoms with E-state index >= 15 is 0 Å². The fraction of sp³-hybridized carbons (Fsp3) is 0.214. The van der Waals surface area contributed by atoms with E-state index in [1.165, 1.54) is 15.9 Å². The molecule has 0 atom stereocenters. The third-order valence-electron chi connectivity index (χ3n) is 2.98. The Morgan fingerprint density at radius 2 is 2.30 bits per heavy atom. The van der Waals surface area contributed by atoms with E-state index in [2.05, 4.69) is 15.3 Å². The summed E-state index contributed by atoms with van der Waals surface area (Å²) in [5.74, 6) is 0. The molecule has 1 N–H and O–H groups in total. The quantitative estimate of drug-likeness (QED) is 0.804. The molecule has 3 heterocycles. The first-order valence-corrected chi connectivity index (χ1v) is 7.23. The third-order valence-corrected chi connectivity index (χ3v) is 4.06. The maximum absolute atomic E-state index is 12.4. The van der Waals surface area contributed by atoms with E-state index in [9.17, 15) is 4.79 Å². The average molecular weight is 286 g/mol. The van der Waals surface area contributed by atoms with Gasteiger partial charge < -0.3 is 5.32 Å². The summed E-state index contributed by atoms with van der Waals surface area (Å²) in [5, 5.41) is 4.22. The second-order valence-electron chi connectivity index (χ2n) is 4.29. The molecular weight excluding hydrogens is 272 g/mol. The summed E-state index contributed by atoms with van der Waals surface area (Å²) in [6.45, 7) is 4.71. The molecule has 0 saturated carbocycles. The fourth-order valence-electron chi connectivity index (χ4n) is 2.17. The SMILES string of the molecule is C/C=C/n1cnc2c(sc3nccc(NCC)c32)c1=O. The molecule has 6 heteroatoms. The minimum Gasteiger partial charge on any atom is -0.385 e. The molecule has 0 radical (unpaired) electrons. The molecule has 0 unspecified atom stereocenters. The molecule has 3 aromatic heterocycles. The van der Waals surface area contributed by atoms with Crippen LogP contribution >= 0.6 is 11.3 Å². The van der Waals surface area contributed by atoms with Gasteiger partial charge in [-0.3, -0.25) is 9.36 Å². The molecule has 20 heavy (non-hydrogen) atoms. The Morgan fingerprint density at radius 1 is 1.45 bits per heavy atom. The van der Waals surface area contributed by atoms with Crippen LogP contribution in [0.2, 0.25) is 0 Å². The number of nitrogens with one attached hydrogen (secondary N) is 1. The maximum Gasteiger partial charge on any atom is 0.275 e. The Bertz CT molecular complexity index is 863. The van der Waals surface area contributed by atoms with E-state index in [0.717, 1.165) is 28.0 Å². The van der Waals surface area contributed by atoms with E-state index < -0.39 is 0 Å². The Kier molecular flexibility index (Phi) is 3.23. The lowest BCUT2D eigenvalue weighted by Crippen LogP contribution is -2.14. The monoisotopic (exact) mass is 286 g/mol. The van der Waals surface area contributed by atoms with Gasteiger partial charge in [-0.15, -0.1) is 11.3 Å². The zero-order chi connectivity index (χ0) is 14.1. The first kappa shape index (κ1) is 12.8. The highest BCUT2D eigenvalue weighted by Crippen LogP contribution is 2.33. The molecule has 5 nitrogen and oxygen atoms in total. The molecule has 0 aliphatic carbocycles. The molecule has 0 aromatic carbocycles. The zero-order valence-electron chi connectivity index (χ0n) is 11.3. The van der Waals surface area contributed by atoms with Gasteiger partial charge in [-0.25, -0.2) is 9.97 Å². The van der Waals surface area contributed by atoms with E-state index in [1.54, 1.807) is 18.7 Å². The van der Waals surface area contributed by atoms with Crippen molar-refractivity contribution in [3.8, 4) is 0 Å². The van der Waals surface area contributed by atoms with Crippen molar-refractivity contribution in [2.75, 3.05) is 11.9 Å². The minimum atomic E-state index is -0.0569. The summed E-state index contributed by atoms with van der Waals surface area (Å²) >= 11 is 1.39. The number of allylic oxidation sites excluding steroid dienone is 1. The van der Waals surface area contributed by atoms with Gasteiger partial charge in [0.1, 0.15) is 15.9 Å². The topological polar surface area (TPSA) is 59.8 Å². The Hall–Kier alpha value is -2.21. The number of rotatable bonds is 3. The predicted molar refractivity (Wildman–Crippen MR) is 84.3 cm³/mol. The van der Waals surface area contributed by atoms with Crippen molar-refractivity contribution in [3.05, 3.63) is 35.0 Å². The molecule has 3 rings (SSSR count). The van der Waals surface area contributed by atoms with Gasteiger partial charge in [0.2, 0.25) is 0 Å². The lowest BCUT2D eigenvalue weighted by molar-refractivity contribution is 1.03. The van der Waals surface area contributed by atoms with Crippen LogP contribution in [-0.4, -0.2) is 21.1 Å². The van der Waals surface area contributed by atoms with Gasteiger partial charge in [-0.2, -0.15) is 0 Å². The van der Waals surface area contributed by atoms with Gasteiger partial charge in [0.05, 0.1) is 10.9 Å². The highest BCUT2D eigenvalue weighted by atomic mass is 32.1. The normalized spacial score (nSPS) is 11.7. The second kappa shape index (κ2) is 5.05. The Labute approximate surface area is 119 Å². The van der Waals surface area contributed by atoms with Crippen LogP contribution < -0.4 is 10.9 Å².